The van der Waals surface area contributed by atoms with Crippen LogP contribution in [-0.4, -0.2) is 52.8 Å². The Hall–Kier alpha value is -5.47. The molecule has 1 amide bonds. The molecule has 0 aliphatic heterocycles. The Labute approximate surface area is 250 Å². The molecule has 0 heterocycles. The Kier molecular flexibility index (Phi) is 12.4. The van der Waals surface area contributed by atoms with Gasteiger partial charge in [-0.2, -0.15) is 13.2 Å². The highest BCUT2D eigenvalue weighted by Crippen LogP contribution is 2.33. The molecule has 1 atom stereocenters. The number of anilines is 2. The minimum Gasteiger partial charge on any atom is -0.490 e. The first-order valence-corrected chi connectivity index (χ1v) is 13.0. The van der Waals surface area contributed by atoms with E-state index in [1.54, 1.807) is 60.7 Å². The van der Waals surface area contributed by atoms with Crippen LogP contribution in [0.3, 0.4) is 0 Å². The molecular formula is C29H32F3N5O7. The molecule has 15 heteroatoms. The van der Waals surface area contributed by atoms with Gasteiger partial charge in [-0.25, -0.2) is 9.59 Å². The Balaban J connectivity index is 0.000000860. The number of carbonyl (C=O) groups is 3. The number of rotatable bonds is 12. The third-order valence-electron chi connectivity index (χ3n) is 5.45. The first-order valence-electron chi connectivity index (χ1n) is 13.0. The first-order chi connectivity index (χ1) is 20.6. The highest BCUT2D eigenvalue weighted by Gasteiger charge is 2.38. The lowest BCUT2D eigenvalue weighted by Crippen LogP contribution is -2.37. The van der Waals surface area contributed by atoms with Crippen LogP contribution in [0.25, 0.3) is 0 Å². The second-order valence-corrected chi connectivity index (χ2v) is 9.14. The number of ether oxygens (including phenoxy) is 2. The minimum absolute atomic E-state index is 0.0148. The van der Waals surface area contributed by atoms with Crippen molar-refractivity contribution in [3.63, 3.8) is 0 Å². The van der Waals surface area contributed by atoms with Gasteiger partial charge in [-0.15, -0.1) is 0 Å². The van der Waals surface area contributed by atoms with Gasteiger partial charge in [0, 0.05) is 11.3 Å². The van der Waals surface area contributed by atoms with Crippen molar-refractivity contribution in [1.82, 2.24) is 5.43 Å². The number of benzene rings is 3. The average molecular weight is 620 g/mol. The lowest BCUT2D eigenvalue weighted by molar-refractivity contribution is -0.192. The number of nitrogens with one attached hydrogen (secondary N) is 4. The minimum atomic E-state index is -5.08. The van der Waals surface area contributed by atoms with Gasteiger partial charge in [-0.05, 0) is 74.9 Å². The van der Waals surface area contributed by atoms with E-state index in [2.05, 4.69) is 16.2 Å². The largest absolute Gasteiger partial charge is 0.490 e. The van der Waals surface area contributed by atoms with Crippen LogP contribution < -0.4 is 31.4 Å². The van der Waals surface area contributed by atoms with E-state index in [4.69, 9.17) is 30.5 Å². The van der Waals surface area contributed by atoms with Crippen molar-refractivity contribution in [1.29, 1.82) is 5.41 Å². The molecule has 236 valence electrons. The molecule has 3 rings (SSSR count). The molecule has 12 nitrogen and oxygen atoms in total. The molecule has 1 unspecified atom stereocenters. The number of halogens is 3. The Bertz CT molecular complexity index is 1460. The number of nitrogens with two attached hydrogens (primary N) is 1. The summed E-state index contributed by atoms with van der Waals surface area (Å²) in [4.78, 5) is 33.8. The van der Waals surface area contributed by atoms with Gasteiger partial charge < -0.3 is 30.7 Å². The lowest BCUT2D eigenvalue weighted by atomic mass is 10.0. The summed E-state index contributed by atoms with van der Waals surface area (Å²) in [5.74, 6) is -3.38. The number of carboxylic acids is 2. The van der Waals surface area contributed by atoms with Crippen LogP contribution in [0.1, 0.15) is 48.3 Å². The fourth-order valence-electron chi connectivity index (χ4n) is 3.52. The summed E-state index contributed by atoms with van der Waals surface area (Å²) in [7, 11) is 0. The van der Waals surface area contributed by atoms with Crippen LogP contribution in [0.4, 0.5) is 24.5 Å². The lowest BCUT2D eigenvalue weighted by Gasteiger charge is -2.23. The maximum atomic E-state index is 13.4. The van der Waals surface area contributed by atoms with E-state index in [0.717, 1.165) is 0 Å². The van der Waals surface area contributed by atoms with E-state index < -0.39 is 30.1 Å². The molecule has 0 fully saturated rings. The normalized spacial score (nSPS) is 11.3. The Morgan fingerprint density at radius 2 is 1.59 bits per heavy atom. The second kappa shape index (κ2) is 15.7. The van der Waals surface area contributed by atoms with E-state index in [9.17, 15) is 27.9 Å². The number of amidine groups is 1. The second-order valence-electron chi connectivity index (χ2n) is 9.14. The van der Waals surface area contributed by atoms with Gasteiger partial charge in [0.15, 0.2) is 11.5 Å². The van der Waals surface area contributed by atoms with Crippen LogP contribution >= 0.6 is 0 Å². The number of hydrazine groups is 1. The van der Waals surface area contributed by atoms with Crippen LogP contribution in [0.2, 0.25) is 0 Å². The number of aromatic carboxylic acids is 1. The summed E-state index contributed by atoms with van der Waals surface area (Å²) < 4.78 is 43.3. The van der Waals surface area contributed by atoms with E-state index in [-0.39, 0.29) is 23.2 Å². The summed E-state index contributed by atoms with van der Waals surface area (Å²) >= 11 is 0. The molecule has 8 N–H and O–H groups in total. The van der Waals surface area contributed by atoms with Crippen LogP contribution in [0, 0.1) is 5.41 Å². The maximum absolute atomic E-state index is 13.4. The number of carboxylic acid groups (broad SMARTS) is 2. The topological polar surface area (TPSA) is 196 Å². The number of hydrogen-bond donors (Lipinski definition) is 7. The van der Waals surface area contributed by atoms with Crippen molar-refractivity contribution in [3.8, 4) is 11.5 Å². The van der Waals surface area contributed by atoms with Crippen LogP contribution in [0.5, 0.6) is 11.5 Å². The molecule has 0 bridgehead atoms. The molecule has 0 aliphatic carbocycles. The fourth-order valence-corrected chi connectivity index (χ4v) is 3.52. The highest BCUT2D eigenvalue weighted by atomic mass is 19.4. The summed E-state index contributed by atoms with van der Waals surface area (Å²) in [6, 6.07) is 17.3. The number of nitrogen functional groups attached to an aromatic ring is 1. The summed E-state index contributed by atoms with van der Waals surface area (Å²) in [6.45, 7) is 6.08. The zero-order valence-corrected chi connectivity index (χ0v) is 23.9. The monoisotopic (exact) mass is 619 g/mol. The third-order valence-corrected chi connectivity index (χ3v) is 5.45. The summed E-state index contributed by atoms with van der Waals surface area (Å²) in [5.41, 5.74) is 12.9. The van der Waals surface area contributed by atoms with Gasteiger partial charge in [0.1, 0.15) is 11.9 Å². The number of para-hydroxylation sites is 1. The van der Waals surface area contributed by atoms with Gasteiger partial charge in [0.2, 0.25) is 0 Å². The quantitative estimate of drug-likeness (QED) is 0.0841. The standard InChI is InChI=1S/C27H31N5O5.C2HF3O2/c1-4-36-23-15-18(11-14-22(23)37-16(2)3)24(30-19-12-9-17(10-13-19)25(28)29)26(33)32-31-21-8-6-5-7-20(21)27(34)35;3-2(4,5)1(6)7/h5-16,24,30-31H,4H2,1-3H3,(H3,28,29)(H,32,33)(H,34,35);(H,6,7). The molecular weight excluding hydrogens is 587 g/mol. The summed E-state index contributed by atoms with van der Waals surface area (Å²) in [6.07, 6.45) is -5.15. The van der Waals surface area contributed by atoms with E-state index in [0.29, 0.717) is 34.9 Å². The van der Waals surface area contributed by atoms with Crippen LogP contribution in [-0.2, 0) is 9.59 Å². The zero-order chi connectivity index (χ0) is 33.0. The number of carbonyl (C=O) groups excluding carboxylic acids is 1. The zero-order valence-electron chi connectivity index (χ0n) is 23.9. The summed E-state index contributed by atoms with van der Waals surface area (Å²) in [5, 5.41) is 27.3. The first kappa shape index (κ1) is 34.7. The molecule has 44 heavy (non-hydrogen) atoms. The third kappa shape index (κ3) is 10.4. The number of amides is 1. The molecule has 0 aromatic heterocycles. The van der Waals surface area contributed by atoms with Gasteiger partial charge >= 0.3 is 18.1 Å². The van der Waals surface area contributed by atoms with Gasteiger partial charge in [0.05, 0.1) is 24.0 Å². The predicted octanol–water partition coefficient (Wildman–Crippen LogP) is 4.78. The van der Waals surface area contributed by atoms with E-state index in [1.165, 1.54) is 6.07 Å². The molecule has 0 saturated heterocycles. The van der Waals surface area contributed by atoms with Crippen molar-refractivity contribution < 1.29 is 47.2 Å². The predicted molar refractivity (Wildman–Crippen MR) is 156 cm³/mol. The molecule has 3 aromatic rings. The number of alkyl halides is 3. The molecule has 0 saturated carbocycles. The average Bonchev–Trinajstić information content (AvgIpc) is 2.95. The number of aliphatic carboxylic acids is 1. The van der Waals surface area contributed by atoms with Crippen molar-refractivity contribution in [2.24, 2.45) is 5.73 Å². The van der Waals surface area contributed by atoms with Gasteiger partial charge in [-0.3, -0.25) is 21.1 Å². The maximum Gasteiger partial charge on any atom is 0.490 e. The molecule has 3 aromatic carbocycles. The van der Waals surface area contributed by atoms with Crippen molar-refractivity contribution in [3.05, 3.63) is 83.4 Å². The Morgan fingerprint density at radius 3 is 2.11 bits per heavy atom. The molecule has 0 radical (unpaired) electrons. The smallest absolute Gasteiger partial charge is 0.490 e. The SMILES string of the molecule is CCOc1cc(C(Nc2ccc(C(=N)N)cc2)C(=O)NNc2ccccc2C(=O)O)ccc1OC(C)C.O=C(O)C(F)(F)F. The highest BCUT2D eigenvalue weighted by molar-refractivity contribution is 5.96. The molecule has 0 aliphatic rings. The fraction of sp³-hybridized carbons (Fsp3) is 0.241. The van der Waals surface area contributed by atoms with Crippen LogP contribution in [0.15, 0.2) is 66.7 Å². The van der Waals surface area contributed by atoms with E-state index >= 15 is 0 Å². The van der Waals surface area contributed by atoms with Crippen molar-refractivity contribution >= 4 is 35.1 Å². The molecule has 0 spiro atoms. The van der Waals surface area contributed by atoms with Gasteiger partial charge in [-0.1, -0.05) is 18.2 Å². The van der Waals surface area contributed by atoms with E-state index in [1.807, 2.05) is 20.8 Å². The van der Waals surface area contributed by atoms with Crippen molar-refractivity contribution in [2.45, 2.75) is 39.1 Å². The number of hydrogen-bond acceptors (Lipinski definition) is 8. The van der Waals surface area contributed by atoms with Crippen molar-refractivity contribution in [2.75, 3.05) is 17.3 Å². The Morgan fingerprint density at radius 1 is 0.977 bits per heavy atom. The van der Waals surface area contributed by atoms with Gasteiger partial charge in [0.25, 0.3) is 5.91 Å².